The fraction of sp³-hybridized carbons (Fsp3) is 0.636. The zero-order chi connectivity index (χ0) is 12.0. The van der Waals surface area contributed by atoms with E-state index in [1.165, 1.54) is 0 Å². The molecule has 5 nitrogen and oxygen atoms in total. The first-order chi connectivity index (χ1) is 7.63. The number of rotatable bonds is 6. The van der Waals surface area contributed by atoms with E-state index in [9.17, 15) is 4.79 Å². The van der Waals surface area contributed by atoms with Crippen molar-refractivity contribution in [3.05, 3.63) is 17.5 Å². The zero-order valence-corrected chi connectivity index (χ0v) is 9.86. The first kappa shape index (κ1) is 12.7. The summed E-state index contributed by atoms with van der Waals surface area (Å²) in [6, 6.07) is 1.94. The van der Waals surface area contributed by atoms with Gasteiger partial charge in [-0.2, -0.15) is 5.10 Å². The van der Waals surface area contributed by atoms with Crippen LogP contribution >= 0.6 is 0 Å². The van der Waals surface area contributed by atoms with E-state index in [1.807, 2.05) is 19.9 Å². The summed E-state index contributed by atoms with van der Waals surface area (Å²) in [5.41, 5.74) is 1.91. The van der Waals surface area contributed by atoms with Crippen molar-refractivity contribution in [1.29, 1.82) is 0 Å². The highest BCUT2D eigenvalue weighted by Gasteiger charge is 2.05. The normalized spacial score (nSPS) is 10.4. The number of carbonyl (C=O) groups is 1. The molecule has 0 spiro atoms. The van der Waals surface area contributed by atoms with Gasteiger partial charge in [-0.25, -0.2) is 0 Å². The summed E-state index contributed by atoms with van der Waals surface area (Å²) < 4.78 is 1.69. The van der Waals surface area contributed by atoms with Crippen LogP contribution in [0.4, 0.5) is 0 Å². The lowest BCUT2D eigenvalue weighted by Gasteiger charge is -2.06. The number of aryl methyl sites for hydroxylation is 2. The van der Waals surface area contributed by atoms with Gasteiger partial charge in [0.1, 0.15) is 6.54 Å². The van der Waals surface area contributed by atoms with Gasteiger partial charge in [-0.05, 0) is 32.8 Å². The largest absolute Gasteiger partial charge is 0.396 e. The lowest BCUT2D eigenvalue weighted by molar-refractivity contribution is -0.121. The third-order valence-corrected chi connectivity index (χ3v) is 2.30. The van der Waals surface area contributed by atoms with Crippen molar-refractivity contribution in [2.45, 2.75) is 33.2 Å². The third-order valence-electron chi connectivity index (χ3n) is 2.30. The molecular formula is C11H19N3O2. The van der Waals surface area contributed by atoms with Crippen molar-refractivity contribution in [2.75, 3.05) is 13.2 Å². The van der Waals surface area contributed by atoms with E-state index < -0.39 is 0 Å². The molecule has 5 heteroatoms. The molecule has 1 aromatic heterocycles. The van der Waals surface area contributed by atoms with Crippen LogP contribution in [0.25, 0.3) is 0 Å². The molecule has 0 aliphatic carbocycles. The minimum absolute atomic E-state index is 0.0378. The summed E-state index contributed by atoms with van der Waals surface area (Å²) in [4.78, 5) is 11.5. The summed E-state index contributed by atoms with van der Waals surface area (Å²) >= 11 is 0. The van der Waals surface area contributed by atoms with Crippen molar-refractivity contribution in [3.8, 4) is 0 Å². The summed E-state index contributed by atoms with van der Waals surface area (Å²) in [7, 11) is 0. The van der Waals surface area contributed by atoms with Gasteiger partial charge in [-0.15, -0.1) is 0 Å². The molecule has 0 aliphatic heterocycles. The molecule has 90 valence electrons. The SMILES string of the molecule is Cc1cc(C)n(CC(=O)NCCCCO)n1. The summed E-state index contributed by atoms with van der Waals surface area (Å²) in [5, 5.41) is 15.6. The molecule has 0 bridgehead atoms. The van der Waals surface area contributed by atoms with Gasteiger partial charge >= 0.3 is 0 Å². The quantitative estimate of drug-likeness (QED) is 0.688. The minimum atomic E-state index is -0.0378. The highest BCUT2D eigenvalue weighted by molar-refractivity contribution is 5.75. The standard InChI is InChI=1S/C11H19N3O2/c1-9-7-10(2)14(13-9)8-11(16)12-5-3-4-6-15/h7,15H,3-6,8H2,1-2H3,(H,12,16). The van der Waals surface area contributed by atoms with Crippen LogP contribution < -0.4 is 5.32 Å². The Bertz CT molecular complexity index is 347. The molecule has 0 unspecified atom stereocenters. The van der Waals surface area contributed by atoms with Crippen molar-refractivity contribution in [2.24, 2.45) is 0 Å². The van der Waals surface area contributed by atoms with Crippen LogP contribution in [0.2, 0.25) is 0 Å². The van der Waals surface area contributed by atoms with Gasteiger partial charge in [0.15, 0.2) is 0 Å². The highest BCUT2D eigenvalue weighted by Crippen LogP contribution is 2.00. The molecule has 16 heavy (non-hydrogen) atoms. The molecule has 0 atom stereocenters. The van der Waals surface area contributed by atoms with Crippen molar-refractivity contribution in [3.63, 3.8) is 0 Å². The molecule has 0 aromatic carbocycles. The molecule has 1 heterocycles. The van der Waals surface area contributed by atoms with Crippen LogP contribution in [0, 0.1) is 13.8 Å². The first-order valence-electron chi connectivity index (χ1n) is 5.52. The number of nitrogens with one attached hydrogen (secondary N) is 1. The van der Waals surface area contributed by atoms with Crippen LogP contribution in [0.3, 0.4) is 0 Å². The predicted molar refractivity (Wildman–Crippen MR) is 61.0 cm³/mol. The molecule has 2 N–H and O–H groups in total. The van der Waals surface area contributed by atoms with E-state index in [4.69, 9.17) is 5.11 Å². The Morgan fingerprint density at radius 3 is 2.81 bits per heavy atom. The molecule has 0 saturated carbocycles. The molecule has 1 rings (SSSR count). The van der Waals surface area contributed by atoms with Crippen LogP contribution in [0.1, 0.15) is 24.2 Å². The van der Waals surface area contributed by atoms with E-state index in [1.54, 1.807) is 4.68 Å². The maximum absolute atomic E-state index is 11.5. The summed E-state index contributed by atoms with van der Waals surface area (Å²) in [6.45, 7) is 4.88. The molecule has 0 saturated heterocycles. The highest BCUT2D eigenvalue weighted by atomic mass is 16.2. The fourth-order valence-corrected chi connectivity index (χ4v) is 1.49. The van der Waals surface area contributed by atoms with Gasteiger partial charge < -0.3 is 10.4 Å². The summed E-state index contributed by atoms with van der Waals surface area (Å²) in [5.74, 6) is -0.0378. The molecule has 1 amide bonds. The van der Waals surface area contributed by atoms with E-state index in [-0.39, 0.29) is 19.1 Å². The van der Waals surface area contributed by atoms with E-state index in [2.05, 4.69) is 10.4 Å². The molecule has 1 aromatic rings. The summed E-state index contributed by atoms with van der Waals surface area (Å²) in [6.07, 6.45) is 1.53. The molecule has 0 fully saturated rings. The number of unbranched alkanes of at least 4 members (excludes halogenated alkanes) is 1. The monoisotopic (exact) mass is 225 g/mol. The number of aromatic nitrogens is 2. The first-order valence-corrected chi connectivity index (χ1v) is 5.52. The van der Waals surface area contributed by atoms with E-state index in [0.29, 0.717) is 6.54 Å². The van der Waals surface area contributed by atoms with Gasteiger partial charge in [0.05, 0.1) is 5.69 Å². The average Bonchev–Trinajstić information content (AvgIpc) is 2.52. The number of aliphatic hydroxyl groups is 1. The van der Waals surface area contributed by atoms with Crippen molar-refractivity contribution in [1.82, 2.24) is 15.1 Å². The van der Waals surface area contributed by atoms with E-state index >= 15 is 0 Å². The van der Waals surface area contributed by atoms with Gasteiger partial charge in [0, 0.05) is 18.8 Å². The van der Waals surface area contributed by atoms with E-state index in [0.717, 1.165) is 24.2 Å². The smallest absolute Gasteiger partial charge is 0.241 e. The topological polar surface area (TPSA) is 67.2 Å². The minimum Gasteiger partial charge on any atom is -0.396 e. The number of nitrogens with zero attached hydrogens (tertiary/aromatic N) is 2. The lowest BCUT2D eigenvalue weighted by atomic mass is 10.3. The van der Waals surface area contributed by atoms with Gasteiger partial charge in [0.2, 0.25) is 5.91 Å². The number of carbonyl (C=O) groups excluding carboxylic acids is 1. The Labute approximate surface area is 95.5 Å². The van der Waals surface area contributed by atoms with Crippen LogP contribution in [-0.4, -0.2) is 33.9 Å². The second-order valence-electron chi connectivity index (χ2n) is 3.87. The number of amides is 1. The average molecular weight is 225 g/mol. The second-order valence-corrected chi connectivity index (χ2v) is 3.87. The van der Waals surface area contributed by atoms with Crippen LogP contribution in [0.15, 0.2) is 6.07 Å². The molecule has 0 radical (unpaired) electrons. The van der Waals surface area contributed by atoms with Crippen molar-refractivity contribution < 1.29 is 9.90 Å². The molecule has 0 aliphatic rings. The zero-order valence-electron chi connectivity index (χ0n) is 9.86. The Hall–Kier alpha value is -1.36. The number of aliphatic hydroxyl groups excluding tert-OH is 1. The third kappa shape index (κ3) is 4.02. The number of hydrogen-bond acceptors (Lipinski definition) is 3. The van der Waals surface area contributed by atoms with Gasteiger partial charge in [-0.3, -0.25) is 9.48 Å². The van der Waals surface area contributed by atoms with Gasteiger partial charge in [-0.1, -0.05) is 0 Å². The Kier molecular flexibility index (Phi) is 4.98. The second kappa shape index (κ2) is 6.27. The van der Waals surface area contributed by atoms with Crippen LogP contribution in [0.5, 0.6) is 0 Å². The van der Waals surface area contributed by atoms with Crippen molar-refractivity contribution >= 4 is 5.91 Å². The Morgan fingerprint density at radius 1 is 1.50 bits per heavy atom. The Balaban J connectivity index is 2.31. The maximum Gasteiger partial charge on any atom is 0.241 e. The fourth-order valence-electron chi connectivity index (χ4n) is 1.49. The Morgan fingerprint density at radius 2 is 2.25 bits per heavy atom. The molecular weight excluding hydrogens is 206 g/mol. The lowest BCUT2D eigenvalue weighted by Crippen LogP contribution is -2.29. The number of hydrogen-bond donors (Lipinski definition) is 2. The predicted octanol–water partition coefficient (Wildman–Crippen LogP) is 0.389. The maximum atomic E-state index is 11.5. The van der Waals surface area contributed by atoms with Crippen LogP contribution in [-0.2, 0) is 11.3 Å². The van der Waals surface area contributed by atoms with Gasteiger partial charge in [0.25, 0.3) is 0 Å².